The van der Waals surface area contributed by atoms with Gasteiger partial charge in [0, 0.05) is 44.6 Å². The van der Waals surface area contributed by atoms with E-state index in [2.05, 4.69) is 35.2 Å². The predicted octanol–water partition coefficient (Wildman–Crippen LogP) is -2.80. The maximum atomic E-state index is 13.8. The highest BCUT2D eigenvalue weighted by atomic mass is 31.2. The first-order valence-electron chi connectivity index (χ1n) is 22.8. The molecule has 3 amide bonds. The molecular weight excluding hydrogens is 1030 g/mol. The van der Waals surface area contributed by atoms with Gasteiger partial charge in [0.1, 0.15) is 42.3 Å². The van der Waals surface area contributed by atoms with Gasteiger partial charge in [-0.15, -0.1) is 0 Å². The number of Topliss-reactive ketones (excluding diaryl/α,β-unsaturated/α-hetero) is 1. The van der Waals surface area contributed by atoms with Gasteiger partial charge < -0.3 is 60.1 Å². The van der Waals surface area contributed by atoms with Gasteiger partial charge in [-0.25, -0.2) is 19.1 Å². The summed E-state index contributed by atoms with van der Waals surface area (Å²) >= 11 is 0. The smallest absolute Gasteiger partial charge is 0.386 e. The number of ether oxygens (including phenoxy) is 6. The van der Waals surface area contributed by atoms with Crippen molar-refractivity contribution in [1.29, 1.82) is 0 Å². The molecule has 8 rings (SSSR count). The van der Waals surface area contributed by atoms with Crippen LogP contribution in [0.15, 0.2) is 34.4 Å². The molecular formula is C39H52N12O21P2. The number of nitrogens with one attached hydrogen (secondary N) is 3. The molecule has 4 aromatic heterocycles. The van der Waals surface area contributed by atoms with Crippen molar-refractivity contribution in [1.82, 2.24) is 49.3 Å². The van der Waals surface area contributed by atoms with Crippen LogP contribution in [0.2, 0.25) is 0 Å². The van der Waals surface area contributed by atoms with Gasteiger partial charge in [-0.1, -0.05) is 0 Å². The minimum Gasteiger partial charge on any atom is -0.386 e. The van der Waals surface area contributed by atoms with E-state index in [0.717, 1.165) is 22.1 Å². The van der Waals surface area contributed by atoms with E-state index in [9.17, 15) is 52.8 Å². The van der Waals surface area contributed by atoms with Crippen molar-refractivity contribution in [2.45, 2.75) is 74.7 Å². The highest BCUT2D eigenvalue weighted by molar-refractivity contribution is 7.47. The Kier molecular flexibility index (Phi) is 17.6. The minimum atomic E-state index is -5.28. The molecule has 33 nitrogen and oxygen atoms in total. The molecule has 404 valence electrons. The quantitative estimate of drug-likeness (QED) is 0.0224. The van der Waals surface area contributed by atoms with Gasteiger partial charge in [0.15, 0.2) is 34.8 Å². The van der Waals surface area contributed by atoms with Crippen molar-refractivity contribution in [3.05, 3.63) is 45.5 Å². The third-order valence-corrected chi connectivity index (χ3v) is 13.6. The van der Waals surface area contributed by atoms with Gasteiger partial charge in [-0.3, -0.25) is 70.9 Å². The number of aliphatic hydroxyl groups excluding tert-OH is 1. The number of carbonyl (C=O) groups excluding carboxylic acids is 4. The second-order valence-electron chi connectivity index (χ2n) is 16.7. The molecule has 0 aromatic carbocycles. The largest absolute Gasteiger partial charge is 0.472 e. The maximum absolute atomic E-state index is 13.8. The van der Waals surface area contributed by atoms with Gasteiger partial charge >= 0.3 is 15.6 Å². The van der Waals surface area contributed by atoms with Crippen LogP contribution in [-0.4, -0.2) is 192 Å². The topological polar surface area (TPSA) is 450 Å². The number of nitrogens with two attached hydrogens (primary N) is 2. The zero-order valence-electron chi connectivity index (χ0n) is 38.9. The number of aromatic nitrogens is 8. The lowest BCUT2D eigenvalue weighted by Crippen LogP contribution is -2.48. The summed E-state index contributed by atoms with van der Waals surface area (Å²) in [6.07, 6.45) is -6.58. The number of hydrogen-bond acceptors (Lipinski definition) is 25. The molecule has 4 aromatic rings. The molecule has 74 heavy (non-hydrogen) atoms. The SMILES string of the molecule is Nc1nc2c(ncn2[C@@H]2O[C@@H]3COP(=O)(O)O[C@@H]4C(NC(=O)CCOCCOCCOCCOCCCC(=O)CCN5C(=O)C=CC5=O)[C@H](n5cnc6c(=O)[nH]c(N)nc65)O[C@@H]4COP(=O)(O)O[C@@H]3C2O)c(=O)[nH]1. The molecule has 10 N–H and O–H groups in total. The normalized spacial score (nSPS) is 28.4. The number of H-pyrrole nitrogens is 2. The van der Waals surface area contributed by atoms with Gasteiger partial charge in [0.05, 0.1) is 72.1 Å². The standard InChI is InChI=1S/C39H52N12O21P2/c40-38-45-32-27(34(57)47-38)42-18-50(32)36-26(44-23(53)6-9-64-11-13-66-15-14-65-12-10-63-8-1-2-20(52)5-7-49-24(54)3-4-25(49)55)30-21(69-36)16-67-74(61,62)72-31-22(17-68-73(59,60)71-30)70-37(29(31)56)51-19-43-28-33(51)46-39(41)48-35(28)58/h3-4,18-19,21-22,26,29-31,36-37,56H,1-2,5-17H2,(H,44,53)(H,59,60)(H,61,62)(H3,40,45,47,57)(H3,41,46,48,58)/t21-,22-,26?,29?,30+,31+,36-,37-/m1/s1. The van der Waals surface area contributed by atoms with Crippen molar-refractivity contribution in [3.63, 3.8) is 0 Å². The predicted molar refractivity (Wildman–Crippen MR) is 245 cm³/mol. The van der Waals surface area contributed by atoms with Crippen molar-refractivity contribution >= 4 is 73.4 Å². The molecule has 4 aliphatic heterocycles. The third kappa shape index (κ3) is 13.2. The zero-order valence-corrected chi connectivity index (χ0v) is 40.7. The maximum Gasteiger partial charge on any atom is 0.472 e. The van der Waals surface area contributed by atoms with Crippen molar-refractivity contribution in [2.24, 2.45) is 0 Å². The van der Waals surface area contributed by atoms with E-state index in [4.69, 9.17) is 58.0 Å². The zero-order chi connectivity index (χ0) is 52.7. The van der Waals surface area contributed by atoms with E-state index < -0.39 is 107 Å². The van der Waals surface area contributed by atoms with Crippen LogP contribution in [0, 0.1) is 0 Å². The molecule has 0 saturated carbocycles. The number of fused-ring (bicyclic) bond motifs is 4. The monoisotopic (exact) mass is 1090 g/mol. The Morgan fingerprint density at radius 1 is 0.703 bits per heavy atom. The number of phosphoric acid groups is 2. The number of imidazole rings is 2. The highest BCUT2D eigenvalue weighted by Crippen LogP contribution is 2.53. The lowest BCUT2D eigenvalue weighted by molar-refractivity contribution is -0.137. The number of aromatic amines is 2. The van der Waals surface area contributed by atoms with Crippen LogP contribution in [-0.2, 0) is 74.8 Å². The van der Waals surface area contributed by atoms with Gasteiger partial charge in [-0.2, -0.15) is 9.97 Å². The lowest BCUT2D eigenvalue weighted by Gasteiger charge is -2.29. The fraction of sp³-hybridized carbons (Fsp3) is 0.590. The number of nitrogens with zero attached hydrogens (tertiary/aromatic N) is 7. The first-order chi connectivity index (χ1) is 35.4. The van der Waals surface area contributed by atoms with E-state index in [1.165, 1.54) is 16.7 Å². The average Bonchev–Trinajstić information content (AvgIpc) is 4.16. The Bertz CT molecular complexity index is 2930. The van der Waals surface area contributed by atoms with Crippen molar-refractivity contribution in [3.8, 4) is 0 Å². The average molecular weight is 1090 g/mol. The molecule has 0 bridgehead atoms. The van der Waals surface area contributed by atoms with E-state index in [1.54, 1.807) is 0 Å². The Labute approximate surface area is 415 Å². The molecule has 3 saturated heterocycles. The van der Waals surface area contributed by atoms with Crippen LogP contribution in [0.5, 0.6) is 0 Å². The molecule has 8 heterocycles. The second kappa shape index (κ2) is 23.9. The summed E-state index contributed by atoms with van der Waals surface area (Å²) < 4.78 is 85.3. The Morgan fingerprint density at radius 2 is 1.19 bits per heavy atom. The molecule has 4 aliphatic rings. The number of amides is 3. The Balaban J connectivity index is 0.827. The molecule has 3 fully saturated rings. The molecule has 35 heteroatoms. The number of hydrogen-bond donors (Lipinski definition) is 8. The van der Waals surface area contributed by atoms with Crippen LogP contribution >= 0.6 is 15.6 Å². The second-order valence-corrected chi connectivity index (χ2v) is 19.5. The van der Waals surface area contributed by atoms with Crippen molar-refractivity contribution in [2.75, 3.05) is 84.1 Å². The summed E-state index contributed by atoms with van der Waals surface area (Å²) in [7, 11) is -10.5. The Hall–Kier alpha value is -5.74. The third-order valence-electron chi connectivity index (χ3n) is 11.6. The van der Waals surface area contributed by atoms with E-state index >= 15 is 0 Å². The van der Waals surface area contributed by atoms with Crippen LogP contribution in [0.4, 0.5) is 11.9 Å². The summed E-state index contributed by atoms with van der Waals surface area (Å²) in [4.78, 5) is 118. The lowest BCUT2D eigenvalue weighted by atomic mass is 10.1. The van der Waals surface area contributed by atoms with Gasteiger partial charge in [0.2, 0.25) is 17.8 Å². The number of ketones is 1. The number of carbonyl (C=O) groups is 4. The number of imide groups is 1. The van der Waals surface area contributed by atoms with Crippen LogP contribution in [0.3, 0.4) is 0 Å². The minimum absolute atomic E-state index is 0.0466. The molecule has 4 unspecified atom stereocenters. The number of anilines is 2. The molecule has 0 radical (unpaired) electrons. The first kappa shape index (κ1) is 54.5. The van der Waals surface area contributed by atoms with Crippen LogP contribution in [0.1, 0.15) is 38.1 Å². The molecule has 10 atom stereocenters. The van der Waals surface area contributed by atoms with Crippen molar-refractivity contribution < 1.29 is 89.7 Å². The fourth-order valence-electron chi connectivity index (χ4n) is 8.14. The summed E-state index contributed by atoms with van der Waals surface area (Å²) in [5.41, 5.74) is 9.34. The summed E-state index contributed by atoms with van der Waals surface area (Å²) in [5, 5.41) is 14.0. The highest BCUT2D eigenvalue weighted by Gasteiger charge is 2.54. The van der Waals surface area contributed by atoms with E-state index in [-0.39, 0.29) is 112 Å². The fourth-order valence-corrected chi connectivity index (χ4v) is 10.1. The Morgan fingerprint density at radius 3 is 1.76 bits per heavy atom. The summed E-state index contributed by atoms with van der Waals surface area (Å²) in [5.74, 6) is -2.28. The number of aliphatic hydroxyl groups is 1. The number of nitrogen functional groups attached to an aromatic ring is 2. The summed E-state index contributed by atoms with van der Waals surface area (Å²) in [6.45, 7) is -0.415. The van der Waals surface area contributed by atoms with Crippen LogP contribution < -0.4 is 27.9 Å². The summed E-state index contributed by atoms with van der Waals surface area (Å²) in [6, 6.07) is -1.49. The molecule has 0 spiro atoms. The molecule has 0 aliphatic carbocycles. The van der Waals surface area contributed by atoms with Crippen LogP contribution in [0.25, 0.3) is 22.3 Å². The first-order valence-corrected chi connectivity index (χ1v) is 25.8. The van der Waals surface area contributed by atoms with E-state index in [0.29, 0.717) is 13.0 Å². The van der Waals surface area contributed by atoms with Gasteiger partial charge in [-0.05, 0) is 6.42 Å². The van der Waals surface area contributed by atoms with E-state index in [1.807, 2.05) is 0 Å². The number of phosphoric ester groups is 2. The number of rotatable bonds is 22. The van der Waals surface area contributed by atoms with Gasteiger partial charge in [0.25, 0.3) is 22.9 Å².